The van der Waals surface area contributed by atoms with Crippen LogP contribution in [0.15, 0.2) is 41.3 Å². The van der Waals surface area contributed by atoms with Crippen molar-refractivity contribution in [2.24, 2.45) is 0 Å². The third-order valence-corrected chi connectivity index (χ3v) is 7.72. The van der Waals surface area contributed by atoms with E-state index in [1.807, 2.05) is 12.1 Å². The highest BCUT2D eigenvalue weighted by Crippen LogP contribution is 2.32. The maximum Gasteiger partial charge on any atom is 0.262 e. The van der Waals surface area contributed by atoms with Crippen molar-refractivity contribution in [3.05, 3.63) is 47.5 Å². The highest BCUT2D eigenvalue weighted by molar-refractivity contribution is 7.92. The van der Waals surface area contributed by atoms with E-state index in [2.05, 4.69) is 16.7 Å². The van der Waals surface area contributed by atoms with Gasteiger partial charge in [0.15, 0.2) is 16.4 Å². The van der Waals surface area contributed by atoms with Gasteiger partial charge in [-0.25, -0.2) is 8.42 Å². The van der Waals surface area contributed by atoms with Crippen LogP contribution in [-0.4, -0.2) is 32.1 Å². The second-order valence-corrected chi connectivity index (χ2v) is 10.1. The first kappa shape index (κ1) is 20.4. The summed E-state index contributed by atoms with van der Waals surface area (Å²) in [4.78, 5) is 24.2. The topological polar surface area (TPSA) is 102 Å². The summed E-state index contributed by atoms with van der Waals surface area (Å²) in [5.74, 6) is -0.247. The summed E-state index contributed by atoms with van der Waals surface area (Å²) in [5, 5.41) is 4.58. The SMILES string of the molecule is CC(CC(=O)Nc1cccc2c1CCCC2)S(=O)(=O)c1ccc2c(c1)NC(=O)CO2. The van der Waals surface area contributed by atoms with Crippen molar-refractivity contribution in [1.29, 1.82) is 0 Å². The van der Waals surface area contributed by atoms with Crippen molar-refractivity contribution in [3.63, 3.8) is 0 Å². The highest BCUT2D eigenvalue weighted by Gasteiger charge is 2.28. The number of aryl methyl sites for hydroxylation is 1. The molecule has 0 spiro atoms. The van der Waals surface area contributed by atoms with Crippen LogP contribution < -0.4 is 15.4 Å². The molecule has 1 atom stereocenters. The minimum Gasteiger partial charge on any atom is -0.482 e. The zero-order valence-electron chi connectivity index (χ0n) is 16.7. The first-order chi connectivity index (χ1) is 14.3. The largest absolute Gasteiger partial charge is 0.482 e. The quantitative estimate of drug-likeness (QED) is 0.762. The van der Waals surface area contributed by atoms with Crippen LogP contribution in [-0.2, 0) is 32.3 Å². The molecule has 30 heavy (non-hydrogen) atoms. The predicted molar refractivity (Wildman–Crippen MR) is 114 cm³/mol. The second kappa shape index (κ2) is 8.10. The van der Waals surface area contributed by atoms with Gasteiger partial charge in [-0.1, -0.05) is 12.1 Å². The number of sulfone groups is 1. The number of carbonyl (C=O) groups excluding carboxylic acids is 2. The Morgan fingerprint density at radius 2 is 2.00 bits per heavy atom. The van der Waals surface area contributed by atoms with Gasteiger partial charge in [-0.05, 0) is 68.0 Å². The number of fused-ring (bicyclic) bond motifs is 2. The van der Waals surface area contributed by atoms with E-state index in [1.165, 1.54) is 30.7 Å². The zero-order chi connectivity index (χ0) is 21.3. The third kappa shape index (κ3) is 4.05. The van der Waals surface area contributed by atoms with E-state index in [0.717, 1.165) is 36.9 Å². The van der Waals surface area contributed by atoms with E-state index in [4.69, 9.17) is 4.74 Å². The normalized spacial score (nSPS) is 16.5. The Kier molecular flexibility index (Phi) is 5.51. The summed E-state index contributed by atoms with van der Waals surface area (Å²) >= 11 is 0. The molecule has 0 fully saturated rings. The summed E-state index contributed by atoms with van der Waals surface area (Å²) in [6, 6.07) is 10.2. The average molecular weight is 429 g/mol. The van der Waals surface area contributed by atoms with Gasteiger partial charge in [-0.3, -0.25) is 9.59 Å². The molecule has 0 saturated carbocycles. The maximum absolute atomic E-state index is 13.0. The molecule has 1 unspecified atom stereocenters. The van der Waals surface area contributed by atoms with Crippen molar-refractivity contribution in [2.75, 3.05) is 17.2 Å². The molecule has 0 saturated heterocycles. The van der Waals surface area contributed by atoms with Gasteiger partial charge in [0, 0.05) is 12.1 Å². The summed E-state index contributed by atoms with van der Waals surface area (Å²) in [6.45, 7) is 1.42. The number of anilines is 2. The molecule has 8 heteroatoms. The Morgan fingerprint density at radius 1 is 1.20 bits per heavy atom. The number of ether oxygens (including phenoxy) is 1. The lowest BCUT2D eigenvalue weighted by Crippen LogP contribution is -2.27. The fourth-order valence-electron chi connectivity index (χ4n) is 3.94. The molecule has 0 aromatic heterocycles. The molecule has 0 bridgehead atoms. The Hall–Kier alpha value is -2.87. The van der Waals surface area contributed by atoms with Crippen LogP contribution in [0.5, 0.6) is 5.75 Å². The number of rotatable bonds is 5. The molecule has 2 amide bonds. The van der Waals surface area contributed by atoms with E-state index in [-0.39, 0.29) is 29.7 Å². The Balaban J connectivity index is 1.48. The standard InChI is InChI=1S/C22H24N2O5S/c1-14(11-21(25)23-18-8-4-6-15-5-2-3-7-17(15)18)30(27,28)16-9-10-20-19(12-16)24-22(26)13-29-20/h4,6,8-10,12,14H,2-3,5,7,11,13H2,1H3,(H,23,25)(H,24,26). The molecule has 2 aliphatic rings. The van der Waals surface area contributed by atoms with E-state index < -0.39 is 15.1 Å². The first-order valence-corrected chi connectivity index (χ1v) is 11.6. The Bertz CT molecular complexity index is 1110. The van der Waals surface area contributed by atoms with Gasteiger partial charge in [0.2, 0.25) is 5.91 Å². The minimum atomic E-state index is -3.76. The predicted octanol–water partition coefficient (Wildman–Crippen LogP) is 3.09. The number of benzene rings is 2. The first-order valence-electron chi connectivity index (χ1n) is 10.1. The number of hydrogen-bond donors (Lipinski definition) is 2. The minimum absolute atomic E-state index is 0.0458. The molecule has 7 nitrogen and oxygen atoms in total. The van der Waals surface area contributed by atoms with Crippen molar-refractivity contribution in [1.82, 2.24) is 0 Å². The fraction of sp³-hybridized carbons (Fsp3) is 0.364. The third-order valence-electron chi connectivity index (χ3n) is 5.59. The molecule has 1 heterocycles. The lowest BCUT2D eigenvalue weighted by Gasteiger charge is -2.21. The fourth-order valence-corrected chi connectivity index (χ4v) is 5.32. The molecule has 2 aromatic rings. The molecule has 158 valence electrons. The van der Waals surface area contributed by atoms with Gasteiger partial charge in [0.1, 0.15) is 5.75 Å². The number of nitrogens with one attached hydrogen (secondary N) is 2. The molecule has 1 aliphatic heterocycles. The summed E-state index contributed by atoms with van der Waals surface area (Å²) in [5.41, 5.74) is 3.49. The van der Waals surface area contributed by atoms with Crippen LogP contribution in [0.4, 0.5) is 11.4 Å². The molecule has 1 aliphatic carbocycles. The molecule has 2 N–H and O–H groups in total. The van der Waals surface area contributed by atoms with Gasteiger partial charge < -0.3 is 15.4 Å². The number of carbonyl (C=O) groups is 2. The van der Waals surface area contributed by atoms with E-state index in [9.17, 15) is 18.0 Å². The second-order valence-electron chi connectivity index (χ2n) is 7.75. The zero-order valence-corrected chi connectivity index (χ0v) is 17.6. The number of amides is 2. The molecule has 2 aromatic carbocycles. The van der Waals surface area contributed by atoms with Crippen molar-refractivity contribution >= 4 is 33.0 Å². The lowest BCUT2D eigenvalue weighted by atomic mass is 9.90. The van der Waals surface area contributed by atoms with Gasteiger partial charge in [-0.2, -0.15) is 0 Å². The Morgan fingerprint density at radius 3 is 2.83 bits per heavy atom. The van der Waals surface area contributed by atoms with Gasteiger partial charge in [0.25, 0.3) is 5.91 Å². The van der Waals surface area contributed by atoms with Crippen LogP contribution in [0.1, 0.15) is 37.3 Å². The van der Waals surface area contributed by atoms with Gasteiger partial charge in [0.05, 0.1) is 15.8 Å². The summed E-state index contributed by atoms with van der Waals surface area (Å²) in [7, 11) is -3.76. The van der Waals surface area contributed by atoms with Crippen LogP contribution >= 0.6 is 0 Å². The smallest absolute Gasteiger partial charge is 0.262 e. The van der Waals surface area contributed by atoms with Crippen molar-refractivity contribution < 1.29 is 22.7 Å². The monoisotopic (exact) mass is 428 g/mol. The van der Waals surface area contributed by atoms with E-state index in [1.54, 1.807) is 0 Å². The van der Waals surface area contributed by atoms with E-state index >= 15 is 0 Å². The average Bonchev–Trinajstić information content (AvgIpc) is 2.73. The van der Waals surface area contributed by atoms with Crippen LogP contribution in [0.25, 0.3) is 0 Å². The maximum atomic E-state index is 13.0. The summed E-state index contributed by atoms with van der Waals surface area (Å²) < 4.78 is 31.2. The highest BCUT2D eigenvalue weighted by atomic mass is 32.2. The molecule has 4 rings (SSSR count). The molecular weight excluding hydrogens is 404 g/mol. The van der Waals surface area contributed by atoms with Crippen LogP contribution in [0, 0.1) is 0 Å². The van der Waals surface area contributed by atoms with Crippen molar-refractivity contribution in [3.8, 4) is 5.75 Å². The van der Waals surface area contributed by atoms with Crippen LogP contribution in [0.3, 0.4) is 0 Å². The Labute approximate surface area is 175 Å². The number of hydrogen-bond acceptors (Lipinski definition) is 5. The van der Waals surface area contributed by atoms with Gasteiger partial charge in [-0.15, -0.1) is 0 Å². The van der Waals surface area contributed by atoms with E-state index in [0.29, 0.717) is 11.4 Å². The lowest BCUT2D eigenvalue weighted by molar-refractivity contribution is -0.118. The summed E-state index contributed by atoms with van der Waals surface area (Å²) in [6.07, 6.45) is 3.99. The molecular formula is C22H24N2O5S. The van der Waals surface area contributed by atoms with Gasteiger partial charge >= 0.3 is 0 Å². The molecule has 0 radical (unpaired) electrons. The van der Waals surface area contributed by atoms with Crippen molar-refractivity contribution in [2.45, 2.75) is 49.2 Å². The van der Waals surface area contributed by atoms with Crippen LogP contribution in [0.2, 0.25) is 0 Å².